The van der Waals surface area contributed by atoms with Crippen molar-refractivity contribution in [3.05, 3.63) is 64.7 Å². The molecule has 2 unspecified atom stereocenters. The van der Waals surface area contributed by atoms with Crippen molar-refractivity contribution in [2.45, 2.75) is 90.5 Å². The number of rotatable bonds is 12. The third-order valence-electron chi connectivity index (χ3n) is 6.65. The molecule has 36 heavy (non-hydrogen) atoms. The van der Waals surface area contributed by atoms with Crippen molar-refractivity contribution in [2.24, 2.45) is 10.9 Å². The van der Waals surface area contributed by atoms with Crippen molar-refractivity contribution < 1.29 is 19.4 Å². The molecule has 0 spiro atoms. The highest BCUT2D eigenvalue weighted by Gasteiger charge is 2.33. The summed E-state index contributed by atoms with van der Waals surface area (Å²) in [4.78, 5) is 29.5. The first kappa shape index (κ1) is 28.0. The van der Waals surface area contributed by atoms with E-state index in [1.807, 2.05) is 6.92 Å². The van der Waals surface area contributed by atoms with E-state index in [9.17, 15) is 14.7 Å². The zero-order valence-corrected chi connectivity index (χ0v) is 23.2. The van der Waals surface area contributed by atoms with Crippen LogP contribution in [-0.2, 0) is 11.2 Å². The highest BCUT2D eigenvalue weighted by molar-refractivity contribution is 8.15. The predicted octanol–water partition coefficient (Wildman–Crippen LogP) is 7.13. The maximum absolute atomic E-state index is 13.0. The molecule has 0 amide bonds. The summed E-state index contributed by atoms with van der Waals surface area (Å²) in [6.45, 7) is 11.5. The second-order valence-corrected chi connectivity index (χ2v) is 11.7. The monoisotopic (exact) mass is 509 g/mol. The maximum atomic E-state index is 13.0. The van der Waals surface area contributed by atoms with E-state index in [4.69, 9.17) is 9.73 Å². The van der Waals surface area contributed by atoms with E-state index in [1.54, 1.807) is 30.0 Å². The molecule has 1 aliphatic heterocycles. The topological polar surface area (TPSA) is 76.0 Å². The Morgan fingerprint density at radius 1 is 1.14 bits per heavy atom. The average molecular weight is 510 g/mol. The van der Waals surface area contributed by atoms with Crippen molar-refractivity contribution in [3.8, 4) is 5.75 Å². The Bertz CT molecular complexity index is 1100. The molecule has 0 radical (unpaired) electrons. The summed E-state index contributed by atoms with van der Waals surface area (Å²) in [5.74, 6) is -0.0806. The summed E-state index contributed by atoms with van der Waals surface area (Å²) in [6.07, 6.45) is 4.72. The fourth-order valence-electron chi connectivity index (χ4n) is 4.28. The summed E-state index contributed by atoms with van der Waals surface area (Å²) in [6, 6.07) is 14.2. The number of thioether (sulfide) groups is 1. The molecule has 5 nitrogen and oxygen atoms in total. The van der Waals surface area contributed by atoms with Gasteiger partial charge in [-0.05, 0) is 75.3 Å². The van der Waals surface area contributed by atoms with Crippen LogP contribution in [0.2, 0.25) is 0 Å². The molecule has 0 fully saturated rings. The lowest BCUT2D eigenvalue weighted by Gasteiger charge is -2.23. The number of aliphatic carboxylic acids is 1. The minimum absolute atomic E-state index is 0.0824. The first-order chi connectivity index (χ1) is 17.0. The van der Waals surface area contributed by atoms with Crippen LogP contribution in [0.4, 0.5) is 0 Å². The van der Waals surface area contributed by atoms with Gasteiger partial charge in [0, 0.05) is 22.8 Å². The van der Waals surface area contributed by atoms with Crippen molar-refractivity contribution in [3.63, 3.8) is 0 Å². The number of benzene rings is 2. The Morgan fingerprint density at radius 3 is 2.42 bits per heavy atom. The number of aliphatic imine (C=N–C) groups is 1. The Kier molecular flexibility index (Phi) is 9.40. The fourth-order valence-corrected chi connectivity index (χ4v) is 5.77. The molecule has 1 N–H and O–H groups in total. The molecule has 0 saturated heterocycles. The molecule has 2 atom stereocenters. The molecule has 2 aromatic carbocycles. The lowest BCUT2D eigenvalue weighted by molar-refractivity contribution is -0.152. The smallest absolute Gasteiger partial charge is 0.347 e. The normalized spacial score (nSPS) is 17.8. The van der Waals surface area contributed by atoms with Crippen LogP contribution in [0.1, 0.15) is 87.4 Å². The largest absolute Gasteiger partial charge is 0.478 e. The number of carboxylic acids is 1. The molecule has 3 rings (SSSR count). The predicted molar refractivity (Wildman–Crippen MR) is 149 cm³/mol. The molecule has 194 valence electrons. The zero-order valence-electron chi connectivity index (χ0n) is 22.3. The number of hydrogen-bond acceptors (Lipinski definition) is 5. The van der Waals surface area contributed by atoms with Crippen LogP contribution in [0.15, 0.2) is 47.5 Å². The van der Waals surface area contributed by atoms with E-state index in [2.05, 4.69) is 45.0 Å². The molecule has 0 aromatic heterocycles. The van der Waals surface area contributed by atoms with Crippen LogP contribution >= 0.6 is 11.8 Å². The Balaban J connectivity index is 1.63. The van der Waals surface area contributed by atoms with Crippen molar-refractivity contribution in [1.82, 2.24) is 0 Å². The Hall–Kier alpha value is -2.60. The highest BCUT2D eigenvalue weighted by Crippen LogP contribution is 2.37. The summed E-state index contributed by atoms with van der Waals surface area (Å²) in [5.41, 5.74) is 2.56. The van der Waals surface area contributed by atoms with Crippen molar-refractivity contribution in [2.75, 3.05) is 0 Å². The molecule has 0 aliphatic carbocycles. The Labute approximate surface area is 219 Å². The second kappa shape index (κ2) is 12.1. The third-order valence-corrected chi connectivity index (χ3v) is 8.03. The average Bonchev–Trinajstić information content (AvgIpc) is 3.27. The van der Waals surface area contributed by atoms with Gasteiger partial charge in [-0.2, -0.15) is 0 Å². The molecular formula is C30H39NO4S. The van der Waals surface area contributed by atoms with E-state index in [0.717, 1.165) is 29.0 Å². The van der Waals surface area contributed by atoms with E-state index in [-0.39, 0.29) is 17.1 Å². The van der Waals surface area contributed by atoms with E-state index >= 15 is 0 Å². The molecule has 0 bridgehead atoms. The third kappa shape index (κ3) is 7.00. The number of carbonyl (C=O) groups is 2. The number of unbranched alkanes of at least 4 members (excludes halogenated alkanes) is 1. The maximum Gasteiger partial charge on any atom is 0.347 e. The van der Waals surface area contributed by atoms with Crippen LogP contribution in [-0.4, -0.2) is 38.8 Å². The lowest BCUT2D eigenvalue weighted by Crippen LogP contribution is -2.38. The molecular weight excluding hydrogens is 470 g/mol. The first-order valence-electron chi connectivity index (χ1n) is 12.9. The van der Waals surface area contributed by atoms with Gasteiger partial charge in [0.2, 0.25) is 0 Å². The van der Waals surface area contributed by atoms with Gasteiger partial charge >= 0.3 is 5.97 Å². The van der Waals surface area contributed by atoms with Gasteiger partial charge in [-0.15, -0.1) is 11.8 Å². The molecule has 1 aliphatic rings. The fraction of sp³-hybridized carbons (Fsp3) is 0.500. The van der Waals surface area contributed by atoms with Crippen LogP contribution in [0.25, 0.3) is 0 Å². The van der Waals surface area contributed by atoms with Gasteiger partial charge < -0.3 is 9.84 Å². The molecule has 2 aromatic rings. The van der Waals surface area contributed by atoms with Crippen LogP contribution < -0.4 is 4.74 Å². The Morgan fingerprint density at radius 2 is 1.83 bits per heavy atom. The summed E-state index contributed by atoms with van der Waals surface area (Å²) >= 11 is 1.80. The number of ketones is 1. The number of Topliss-reactive ketones (excluding diaryl/α,β-unsaturated/α-hetero) is 1. The van der Waals surface area contributed by atoms with Gasteiger partial charge in [0.25, 0.3) is 0 Å². The standard InChI is InChI=1S/C30H39NO4S/c1-7-8-9-21-10-12-22(13-11-21)28-31-27(19(2)3)26(36-28)17-15-24(32)23-14-16-25(20(4)18-23)35-30(5,6)29(33)34/h10-14,16,18-19,26-27H,7-9,15,17H2,1-6H3,(H,33,34). The zero-order chi connectivity index (χ0) is 26.5. The number of carboxylic acid groups (broad SMARTS) is 1. The minimum atomic E-state index is -1.34. The summed E-state index contributed by atoms with van der Waals surface area (Å²) in [5, 5.41) is 10.7. The van der Waals surface area contributed by atoms with E-state index in [0.29, 0.717) is 23.7 Å². The summed E-state index contributed by atoms with van der Waals surface area (Å²) < 4.78 is 5.66. The second-order valence-electron chi connectivity index (χ2n) is 10.5. The minimum Gasteiger partial charge on any atom is -0.478 e. The molecule has 1 heterocycles. The van der Waals surface area contributed by atoms with Gasteiger partial charge in [0.1, 0.15) is 5.75 Å². The number of hydrogen-bond donors (Lipinski definition) is 1. The van der Waals surface area contributed by atoms with Crippen LogP contribution in [0.5, 0.6) is 5.75 Å². The van der Waals surface area contributed by atoms with Crippen molar-refractivity contribution in [1.29, 1.82) is 0 Å². The number of carbonyl (C=O) groups excluding carboxylic acids is 1. The van der Waals surface area contributed by atoms with Gasteiger partial charge in [-0.3, -0.25) is 9.79 Å². The van der Waals surface area contributed by atoms with E-state index < -0.39 is 11.6 Å². The van der Waals surface area contributed by atoms with Crippen LogP contribution in [0, 0.1) is 12.8 Å². The first-order valence-corrected chi connectivity index (χ1v) is 13.8. The van der Waals surface area contributed by atoms with Gasteiger partial charge in [-0.25, -0.2) is 4.79 Å². The quantitative estimate of drug-likeness (QED) is 0.308. The molecule has 6 heteroatoms. The van der Waals surface area contributed by atoms with Gasteiger partial charge in [0.05, 0.1) is 11.1 Å². The van der Waals surface area contributed by atoms with Gasteiger partial charge in [0.15, 0.2) is 11.4 Å². The van der Waals surface area contributed by atoms with Gasteiger partial charge in [-0.1, -0.05) is 51.5 Å². The number of aryl methyl sites for hydroxylation is 2. The van der Waals surface area contributed by atoms with E-state index in [1.165, 1.54) is 32.3 Å². The number of nitrogens with zero attached hydrogens (tertiary/aromatic N) is 1. The summed E-state index contributed by atoms with van der Waals surface area (Å²) in [7, 11) is 0. The highest BCUT2D eigenvalue weighted by atomic mass is 32.2. The van der Waals surface area contributed by atoms with Crippen molar-refractivity contribution >= 4 is 28.6 Å². The molecule has 0 saturated carbocycles. The lowest BCUT2D eigenvalue weighted by atomic mass is 9.96. The SMILES string of the molecule is CCCCc1ccc(C2=NC(C(C)C)C(CCC(=O)c3ccc(OC(C)(C)C(=O)O)c(C)c3)S2)cc1. The number of ether oxygens (including phenoxy) is 1. The van der Waals surface area contributed by atoms with Crippen LogP contribution in [0.3, 0.4) is 0 Å².